The van der Waals surface area contributed by atoms with E-state index in [1.165, 1.54) is 0 Å². The van der Waals surface area contributed by atoms with E-state index in [9.17, 15) is 0 Å². The highest BCUT2D eigenvalue weighted by Crippen LogP contribution is 2.20. The Kier molecular flexibility index (Phi) is 3.38. The fraction of sp³-hybridized carbons (Fsp3) is 0.0833. The molecule has 1 aromatic heterocycles. The van der Waals surface area contributed by atoms with E-state index in [1.54, 1.807) is 30.6 Å². The second-order valence-corrected chi connectivity index (χ2v) is 3.64. The Balaban J connectivity index is 2.34. The zero-order chi connectivity index (χ0) is 13.0. The molecule has 0 saturated heterocycles. The summed E-state index contributed by atoms with van der Waals surface area (Å²) in [6, 6.07) is 9.03. The first kappa shape index (κ1) is 11.8. The number of nitrogens with zero attached hydrogens (tertiary/aromatic N) is 4. The molecule has 2 aromatic rings. The van der Waals surface area contributed by atoms with Crippen LogP contribution in [0.5, 0.6) is 0 Å². The number of hydrogen-bond donors (Lipinski definition) is 2. The Hall–Kier alpha value is -2.63. The van der Waals surface area contributed by atoms with E-state index in [2.05, 4.69) is 15.1 Å². The molecule has 0 saturated carbocycles. The van der Waals surface area contributed by atoms with Crippen molar-refractivity contribution in [3.05, 3.63) is 48.3 Å². The van der Waals surface area contributed by atoms with Crippen LogP contribution in [0.25, 0.3) is 0 Å². The zero-order valence-electron chi connectivity index (χ0n) is 9.85. The molecule has 1 aromatic carbocycles. The van der Waals surface area contributed by atoms with E-state index in [0.29, 0.717) is 11.5 Å². The Morgan fingerprint density at radius 3 is 2.67 bits per heavy atom. The maximum absolute atomic E-state index is 8.66. The van der Waals surface area contributed by atoms with Crippen molar-refractivity contribution in [3.8, 4) is 0 Å². The fourth-order valence-electron chi connectivity index (χ4n) is 1.51. The van der Waals surface area contributed by atoms with Crippen molar-refractivity contribution in [2.24, 2.45) is 10.9 Å². The topological polar surface area (TPSA) is 87.6 Å². The highest BCUT2D eigenvalue weighted by Gasteiger charge is 2.07. The largest absolute Gasteiger partial charge is 0.409 e. The molecule has 1 heterocycles. The zero-order valence-corrected chi connectivity index (χ0v) is 9.85. The average Bonchev–Trinajstić information content (AvgIpc) is 2.46. The van der Waals surface area contributed by atoms with E-state index in [-0.39, 0.29) is 5.84 Å². The van der Waals surface area contributed by atoms with Gasteiger partial charge in [0.15, 0.2) is 5.84 Å². The van der Waals surface area contributed by atoms with Crippen molar-refractivity contribution in [3.63, 3.8) is 0 Å². The summed E-state index contributed by atoms with van der Waals surface area (Å²) in [5.41, 5.74) is 7.04. The minimum absolute atomic E-state index is 0.0687. The Bertz CT molecular complexity index is 555. The second kappa shape index (κ2) is 5.13. The van der Waals surface area contributed by atoms with Crippen molar-refractivity contribution in [1.29, 1.82) is 0 Å². The first-order chi connectivity index (χ1) is 8.72. The van der Waals surface area contributed by atoms with Crippen molar-refractivity contribution >= 4 is 17.5 Å². The van der Waals surface area contributed by atoms with Crippen LogP contribution in [-0.2, 0) is 0 Å². The number of benzene rings is 1. The van der Waals surface area contributed by atoms with Gasteiger partial charge in [0.1, 0.15) is 0 Å². The maximum atomic E-state index is 8.66. The summed E-state index contributed by atoms with van der Waals surface area (Å²) in [5.74, 6) is 0.647. The quantitative estimate of drug-likeness (QED) is 0.367. The summed E-state index contributed by atoms with van der Waals surface area (Å²) in [7, 11) is 1.85. The van der Waals surface area contributed by atoms with Crippen LogP contribution in [0.3, 0.4) is 0 Å². The molecule has 0 spiro atoms. The lowest BCUT2D eigenvalue weighted by Gasteiger charge is -2.17. The molecule has 2 rings (SSSR count). The standard InChI is InChI=1S/C12H13N5O/c1-17(12-14-6-3-7-15-12)10-5-2-4-9(8-10)11(13)16-18/h2-8,18H,1H3,(H2,13,16). The summed E-state index contributed by atoms with van der Waals surface area (Å²) < 4.78 is 0. The molecule has 0 aliphatic rings. The summed E-state index contributed by atoms with van der Waals surface area (Å²) in [4.78, 5) is 10.1. The fourth-order valence-corrected chi connectivity index (χ4v) is 1.51. The molecule has 0 bridgehead atoms. The van der Waals surface area contributed by atoms with Gasteiger partial charge in [0.25, 0.3) is 0 Å². The van der Waals surface area contributed by atoms with Gasteiger partial charge in [-0.25, -0.2) is 9.97 Å². The van der Waals surface area contributed by atoms with Gasteiger partial charge in [-0.1, -0.05) is 17.3 Å². The van der Waals surface area contributed by atoms with Crippen LogP contribution in [-0.4, -0.2) is 28.1 Å². The van der Waals surface area contributed by atoms with Gasteiger partial charge in [0.05, 0.1) is 0 Å². The molecule has 0 amide bonds. The predicted molar refractivity (Wildman–Crippen MR) is 69.0 cm³/mol. The number of hydrogen-bond acceptors (Lipinski definition) is 5. The summed E-state index contributed by atoms with van der Waals surface area (Å²) >= 11 is 0. The smallest absolute Gasteiger partial charge is 0.229 e. The minimum atomic E-state index is 0.0687. The number of amidine groups is 1. The molecule has 0 aliphatic heterocycles. The lowest BCUT2D eigenvalue weighted by atomic mass is 10.2. The van der Waals surface area contributed by atoms with Gasteiger partial charge in [-0.15, -0.1) is 0 Å². The van der Waals surface area contributed by atoms with Crippen LogP contribution >= 0.6 is 0 Å². The summed E-state index contributed by atoms with van der Waals surface area (Å²) in [5, 5.41) is 11.6. The van der Waals surface area contributed by atoms with E-state index in [1.807, 2.05) is 24.1 Å². The Morgan fingerprint density at radius 2 is 2.00 bits per heavy atom. The van der Waals surface area contributed by atoms with Crippen LogP contribution in [0.1, 0.15) is 5.56 Å². The van der Waals surface area contributed by atoms with E-state index in [4.69, 9.17) is 10.9 Å². The van der Waals surface area contributed by atoms with Crippen molar-refractivity contribution in [2.45, 2.75) is 0 Å². The minimum Gasteiger partial charge on any atom is -0.409 e. The second-order valence-electron chi connectivity index (χ2n) is 3.64. The van der Waals surface area contributed by atoms with E-state index < -0.39 is 0 Å². The Morgan fingerprint density at radius 1 is 1.28 bits per heavy atom. The van der Waals surface area contributed by atoms with E-state index >= 15 is 0 Å². The molecule has 0 fully saturated rings. The monoisotopic (exact) mass is 243 g/mol. The first-order valence-electron chi connectivity index (χ1n) is 5.31. The van der Waals surface area contributed by atoms with Crippen LogP contribution < -0.4 is 10.6 Å². The number of aromatic nitrogens is 2. The molecular weight excluding hydrogens is 230 g/mol. The molecular formula is C12H13N5O. The highest BCUT2D eigenvalue weighted by atomic mass is 16.4. The highest BCUT2D eigenvalue weighted by molar-refractivity contribution is 5.97. The Labute approximate surface area is 104 Å². The number of oxime groups is 1. The van der Waals surface area contributed by atoms with E-state index in [0.717, 1.165) is 5.69 Å². The van der Waals surface area contributed by atoms with Crippen molar-refractivity contribution in [2.75, 3.05) is 11.9 Å². The molecule has 0 unspecified atom stereocenters. The third kappa shape index (κ3) is 2.37. The molecule has 3 N–H and O–H groups in total. The average molecular weight is 243 g/mol. The van der Waals surface area contributed by atoms with Gasteiger partial charge in [0, 0.05) is 30.7 Å². The molecule has 92 valence electrons. The first-order valence-corrected chi connectivity index (χ1v) is 5.31. The molecule has 6 heteroatoms. The van der Waals surface area contributed by atoms with Crippen LogP contribution in [0.15, 0.2) is 47.9 Å². The third-order valence-corrected chi connectivity index (χ3v) is 2.49. The number of anilines is 2. The van der Waals surface area contributed by atoms with Gasteiger partial charge in [-0.2, -0.15) is 0 Å². The van der Waals surface area contributed by atoms with Gasteiger partial charge in [0.2, 0.25) is 5.95 Å². The predicted octanol–water partition coefficient (Wildman–Crippen LogP) is 1.34. The lowest BCUT2D eigenvalue weighted by Crippen LogP contribution is -2.16. The van der Waals surface area contributed by atoms with Gasteiger partial charge < -0.3 is 15.8 Å². The molecule has 18 heavy (non-hydrogen) atoms. The molecule has 6 nitrogen and oxygen atoms in total. The van der Waals surface area contributed by atoms with Crippen molar-refractivity contribution in [1.82, 2.24) is 9.97 Å². The summed E-state index contributed by atoms with van der Waals surface area (Å²) in [6.45, 7) is 0. The molecule has 0 aliphatic carbocycles. The van der Waals surface area contributed by atoms with Crippen LogP contribution in [0.2, 0.25) is 0 Å². The van der Waals surface area contributed by atoms with Gasteiger partial charge in [-0.05, 0) is 18.2 Å². The number of nitrogens with two attached hydrogens (primary N) is 1. The van der Waals surface area contributed by atoms with Crippen LogP contribution in [0, 0.1) is 0 Å². The lowest BCUT2D eigenvalue weighted by molar-refractivity contribution is 0.318. The maximum Gasteiger partial charge on any atom is 0.229 e. The molecule has 0 radical (unpaired) electrons. The summed E-state index contributed by atoms with van der Waals surface area (Å²) in [6.07, 6.45) is 3.35. The number of rotatable bonds is 3. The normalized spacial score (nSPS) is 11.3. The van der Waals surface area contributed by atoms with Crippen LogP contribution in [0.4, 0.5) is 11.6 Å². The third-order valence-electron chi connectivity index (χ3n) is 2.49. The van der Waals surface area contributed by atoms with Gasteiger partial charge in [-0.3, -0.25) is 0 Å². The SMILES string of the molecule is CN(c1cccc(C(N)=NO)c1)c1ncccn1. The van der Waals surface area contributed by atoms with Gasteiger partial charge >= 0.3 is 0 Å². The van der Waals surface area contributed by atoms with Crippen molar-refractivity contribution < 1.29 is 5.21 Å². The molecule has 0 atom stereocenters.